The van der Waals surface area contributed by atoms with E-state index >= 15 is 0 Å². The van der Waals surface area contributed by atoms with Crippen LogP contribution < -0.4 is 0 Å². The summed E-state index contributed by atoms with van der Waals surface area (Å²) in [4.78, 5) is 28.9. The maximum atomic E-state index is 13.4. The molecule has 12 heteroatoms. The number of halogens is 1. The maximum Gasteiger partial charge on any atom is 0.507 e. The van der Waals surface area contributed by atoms with Gasteiger partial charge >= 0.3 is 12.2 Å². The standard InChI is InChI=1S/C19H23N3O7S.ClH/c1-19(2,3)29-17(23)21-10-11-22(15(12-21)28-18(24)25)30(26,27)14-8-4-6-13-7-5-9-20-16(13)14;/h4-9,15H,10-12H2,1-3H3,(H,24,25);1H/t15-;/m1./s1. The average Bonchev–Trinajstić information content (AvgIpc) is 2.65. The Morgan fingerprint density at radius 1 is 1.16 bits per heavy atom. The van der Waals surface area contributed by atoms with Crippen molar-refractivity contribution in [3.05, 3.63) is 36.5 Å². The van der Waals surface area contributed by atoms with Crippen LogP contribution in [0.2, 0.25) is 0 Å². The summed E-state index contributed by atoms with van der Waals surface area (Å²) in [6.07, 6.45) is -2.27. The number of rotatable bonds is 3. The number of carboxylic acid groups (broad SMARTS) is 1. The quantitative estimate of drug-likeness (QED) is 0.674. The molecule has 3 rings (SSSR count). The largest absolute Gasteiger partial charge is 0.507 e. The van der Waals surface area contributed by atoms with Gasteiger partial charge in [-0.2, -0.15) is 4.31 Å². The number of carbonyl (C=O) groups excluding carboxylic acids is 1. The molecule has 0 bridgehead atoms. The van der Waals surface area contributed by atoms with E-state index in [1.54, 1.807) is 45.0 Å². The van der Waals surface area contributed by atoms with Crippen molar-refractivity contribution in [1.82, 2.24) is 14.2 Å². The molecule has 2 aromatic rings. The van der Waals surface area contributed by atoms with Crippen LogP contribution in [0.5, 0.6) is 0 Å². The predicted octanol–water partition coefficient (Wildman–Crippen LogP) is 2.92. The number of ether oxygens (including phenoxy) is 2. The lowest BCUT2D eigenvalue weighted by Gasteiger charge is -2.39. The molecule has 0 aliphatic carbocycles. The molecule has 31 heavy (non-hydrogen) atoms. The first-order valence-electron chi connectivity index (χ1n) is 9.22. The van der Waals surface area contributed by atoms with Crippen molar-refractivity contribution in [3.63, 3.8) is 0 Å². The number of para-hydroxylation sites is 1. The normalized spacial score (nSPS) is 17.6. The molecular weight excluding hydrogens is 450 g/mol. The number of aromatic nitrogens is 1. The summed E-state index contributed by atoms with van der Waals surface area (Å²) in [5.74, 6) is 0. The zero-order valence-electron chi connectivity index (χ0n) is 17.2. The van der Waals surface area contributed by atoms with Crippen LogP contribution in [0.25, 0.3) is 10.9 Å². The number of piperazine rings is 1. The van der Waals surface area contributed by atoms with E-state index in [1.807, 2.05) is 0 Å². The van der Waals surface area contributed by atoms with E-state index in [-0.39, 0.29) is 42.5 Å². The third-order valence-electron chi connectivity index (χ3n) is 4.36. The fourth-order valence-electron chi connectivity index (χ4n) is 3.12. The Hall–Kier alpha value is -2.63. The van der Waals surface area contributed by atoms with Crippen molar-refractivity contribution in [2.24, 2.45) is 0 Å². The van der Waals surface area contributed by atoms with E-state index in [4.69, 9.17) is 14.6 Å². The van der Waals surface area contributed by atoms with Gasteiger partial charge in [-0.05, 0) is 32.9 Å². The summed E-state index contributed by atoms with van der Waals surface area (Å²) in [5, 5.41) is 9.74. The van der Waals surface area contributed by atoms with Gasteiger partial charge in [0.05, 0.1) is 12.1 Å². The smallest absolute Gasteiger partial charge is 0.450 e. The molecule has 1 aromatic carbocycles. The number of pyridine rings is 1. The minimum absolute atomic E-state index is 0. The Balaban J connectivity index is 0.00000341. The van der Waals surface area contributed by atoms with Gasteiger partial charge in [0.2, 0.25) is 10.0 Å². The van der Waals surface area contributed by atoms with Gasteiger partial charge in [0.15, 0.2) is 6.23 Å². The van der Waals surface area contributed by atoms with Gasteiger partial charge in [-0.3, -0.25) is 4.98 Å². The number of hydrogen-bond acceptors (Lipinski definition) is 7. The van der Waals surface area contributed by atoms with Crippen molar-refractivity contribution >= 4 is 45.6 Å². The number of sulfonamides is 1. The Bertz CT molecular complexity index is 1070. The highest BCUT2D eigenvalue weighted by atomic mass is 35.5. The third-order valence-corrected chi connectivity index (χ3v) is 6.28. The zero-order chi connectivity index (χ0) is 22.1. The third kappa shape index (κ3) is 5.54. The summed E-state index contributed by atoms with van der Waals surface area (Å²) in [6.45, 7) is 4.66. The van der Waals surface area contributed by atoms with Gasteiger partial charge in [-0.25, -0.2) is 18.0 Å². The minimum atomic E-state index is -4.16. The molecule has 1 N–H and O–H groups in total. The molecular formula is C19H24ClN3O7S. The molecule has 1 amide bonds. The molecule has 170 valence electrons. The summed E-state index contributed by atoms with van der Waals surface area (Å²) in [6, 6.07) is 8.14. The predicted molar refractivity (Wildman–Crippen MR) is 114 cm³/mol. The van der Waals surface area contributed by atoms with E-state index in [9.17, 15) is 18.0 Å². The summed E-state index contributed by atoms with van der Waals surface area (Å²) in [5.41, 5.74) is -0.485. The fraction of sp³-hybridized carbons (Fsp3) is 0.421. The fourth-order valence-corrected chi connectivity index (χ4v) is 4.78. The van der Waals surface area contributed by atoms with E-state index in [0.29, 0.717) is 5.39 Å². The van der Waals surface area contributed by atoms with Crippen LogP contribution in [0.15, 0.2) is 41.4 Å². The SMILES string of the molecule is CC(C)(C)OC(=O)N1CCN(S(=O)(=O)c2cccc3cccnc23)[C@H](OC(=O)O)C1.Cl. The highest BCUT2D eigenvalue weighted by Crippen LogP contribution is 2.28. The highest BCUT2D eigenvalue weighted by Gasteiger charge is 2.41. The number of hydrogen-bond donors (Lipinski definition) is 1. The van der Waals surface area contributed by atoms with Crippen LogP contribution in [0.3, 0.4) is 0 Å². The van der Waals surface area contributed by atoms with Crippen molar-refractivity contribution in [1.29, 1.82) is 0 Å². The first-order chi connectivity index (χ1) is 14.0. The van der Waals surface area contributed by atoms with E-state index in [0.717, 1.165) is 4.31 Å². The Labute approximate surface area is 186 Å². The molecule has 10 nitrogen and oxygen atoms in total. The molecule has 0 saturated carbocycles. The summed E-state index contributed by atoms with van der Waals surface area (Å²) in [7, 11) is -4.16. The van der Waals surface area contributed by atoms with Crippen molar-refractivity contribution in [2.75, 3.05) is 19.6 Å². The van der Waals surface area contributed by atoms with Gasteiger partial charge in [0, 0.05) is 24.7 Å². The van der Waals surface area contributed by atoms with Gasteiger partial charge in [0.1, 0.15) is 10.5 Å². The molecule has 0 radical (unpaired) electrons. The first kappa shape index (κ1) is 24.6. The summed E-state index contributed by atoms with van der Waals surface area (Å²) >= 11 is 0. The Morgan fingerprint density at radius 2 is 1.84 bits per heavy atom. The lowest BCUT2D eigenvalue weighted by atomic mass is 10.2. The van der Waals surface area contributed by atoms with E-state index in [2.05, 4.69) is 4.98 Å². The molecule has 1 saturated heterocycles. The molecule has 1 atom stereocenters. The number of amides is 1. The monoisotopic (exact) mass is 473 g/mol. The zero-order valence-corrected chi connectivity index (χ0v) is 18.9. The van der Waals surface area contributed by atoms with Crippen LogP contribution >= 0.6 is 12.4 Å². The second-order valence-corrected chi connectivity index (χ2v) is 9.57. The highest BCUT2D eigenvalue weighted by molar-refractivity contribution is 7.89. The number of fused-ring (bicyclic) bond motifs is 1. The van der Waals surface area contributed by atoms with Crippen LogP contribution in [0.1, 0.15) is 20.8 Å². The molecule has 1 aliphatic heterocycles. The molecule has 1 aromatic heterocycles. The van der Waals surface area contributed by atoms with Crippen molar-refractivity contribution < 1.29 is 32.6 Å². The lowest BCUT2D eigenvalue weighted by Crippen LogP contribution is -2.58. The minimum Gasteiger partial charge on any atom is -0.450 e. The van der Waals surface area contributed by atoms with Crippen LogP contribution in [-0.4, -0.2) is 71.4 Å². The van der Waals surface area contributed by atoms with E-state index < -0.39 is 34.1 Å². The molecule has 1 fully saturated rings. The molecule has 1 aliphatic rings. The molecule has 0 unspecified atom stereocenters. The maximum absolute atomic E-state index is 13.4. The first-order valence-corrected chi connectivity index (χ1v) is 10.7. The van der Waals surface area contributed by atoms with Gasteiger partial charge in [-0.15, -0.1) is 12.4 Å². The van der Waals surface area contributed by atoms with E-state index in [1.165, 1.54) is 17.2 Å². The number of nitrogens with zero attached hydrogens (tertiary/aromatic N) is 3. The topological polar surface area (TPSA) is 126 Å². The molecule has 0 spiro atoms. The van der Waals surface area contributed by atoms with Crippen molar-refractivity contribution in [2.45, 2.75) is 37.5 Å². The average molecular weight is 474 g/mol. The van der Waals surface area contributed by atoms with Crippen LogP contribution in [0, 0.1) is 0 Å². The van der Waals surface area contributed by atoms with Gasteiger partial charge in [-0.1, -0.05) is 18.2 Å². The number of benzene rings is 1. The summed E-state index contributed by atoms with van der Waals surface area (Å²) < 4.78 is 37.8. The molecule has 2 heterocycles. The lowest BCUT2D eigenvalue weighted by molar-refractivity contribution is -0.0488. The second-order valence-electron chi connectivity index (χ2n) is 7.71. The van der Waals surface area contributed by atoms with Crippen LogP contribution in [0.4, 0.5) is 9.59 Å². The van der Waals surface area contributed by atoms with Gasteiger partial charge < -0.3 is 19.5 Å². The Morgan fingerprint density at radius 3 is 2.48 bits per heavy atom. The van der Waals surface area contributed by atoms with Gasteiger partial charge in [0.25, 0.3) is 0 Å². The van der Waals surface area contributed by atoms with Crippen LogP contribution in [-0.2, 0) is 19.5 Å². The number of carbonyl (C=O) groups is 2. The van der Waals surface area contributed by atoms with Crippen molar-refractivity contribution in [3.8, 4) is 0 Å². The Kier molecular flexibility index (Phi) is 7.35. The second kappa shape index (κ2) is 9.25.